The highest BCUT2D eigenvalue weighted by Crippen LogP contribution is 2.48. The molecule has 2 rings (SSSR count). The van der Waals surface area contributed by atoms with Gasteiger partial charge in [0.05, 0.1) is 5.60 Å². The Morgan fingerprint density at radius 2 is 1.86 bits per heavy atom. The lowest BCUT2D eigenvalue weighted by Gasteiger charge is -2.21. The van der Waals surface area contributed by atoms with E-state index in [-0.39, 0.29) is 0 Å². The summed E-state index contributed by atoms with van der Waals surface area (Å²) in [6.07, 6.45) is 1.50. The van der Waals surface area contributed by atoms with Crippen molar-refractivity contribution in [1.82, 2.24) is 0 Å². The summed E-state index contributed by atoms with van der Waals surface area (Å²) in [6.45, 7) is 3.05. The Labute approximate surface area is 83.6 Å². The molecule has 0 amide bonds. The lowest BCUT2D eigenvalue weighted by Crippen LogP contribution is -2.17. The zero-order valence-corrected chi connectivity index (χ0v) is 8.55. The molecule has 1 aromatic rings. The molecule has 0 atom stereocenters. The van der Waals surface area contributed by atoms with Gasteiger partial charge in [0.15, 0.2) is 0 Å². The third kappa shape index (κ3) is 1.55. The van der Waals surface area contributed by atoms with Crippen LogP contribution in [0.3, 0.4) is 0 Å². The highest BCUT2D eigenvalue weighted by atomic mass is 19.1. The predicted octanol–water partition coefficient (Wildman–Crippen LogP) is 2.87. The summed E-state index contributed by atoms with van der Waals surface area (Å²) in [5, 5.41) is 9.98. The first-order valence-corrected chi connectivity index (χ1v) is 4.95. The van der Waals surface area contributed by atoms with Gasteiger partial charge >= 0.3 is 0 Å². The van der Waals surface area contributed by atoms with E-state index in [2.05, 4.69) is 0 Å². The van der Waals surface area contributed by atoms with Crippen LogP contribution in [-0.4, -0.2) is 5.11 Å². The topological polar surface area (TPSA) is 20.2 Å². The Morgan fingerprint density at radius 1 is 1.29 bits per heavy atom. The molecule has 1 nitrogen and oxygen atoms in total. The number of halogens is 1. The van der Waals surface area contributed by atoms with Crippen LogP contribution < -0.4 is 0 Å². The molecule has 0 bridgehead atoms. The van der Waals surface area contributed by atoms with E-state index in [0.717, 1.165) is 18.4 Å². The maximum absolute atomic E-state index is 13.8. The molecule has 0 spiro atoms. The van der Waals surface area contributed by atoms with Gasteiger partial charge in [0, 0.05) is 0 Å². The molecule has 0 saturated heterocycles. The monoisotopic (exact) mass is 194 g/mol. The molecule has 2 heteroatoms. The van der Waals surface area contributed by atoms with Gasteiger partial charge in [-0.1, -0.05) is 24.3 Å². The number of rotatable bonds is 2. The van der Waals surface area contributed by atoms with Crippen molar-refractivity contribution in [3.05, 3.63) is 35.4 Å². The van der Waals surface area contributed by atoms with E-state index in [1.165, 1.54) is 13.8 Å². The highest BCUT2D eigenvalue weighted by molar-refractivity contribution is 5.38. The fourth-order valence-corrected chi connectivity index (χ4v) is 1.80. The fraction of sp³-hybridized carbons (Fsp3) is 0.500. The third-order valence-corrected chi connectivity index (χ3v) is 2.79. The molecule has 1 saturated carbocycles. The molecule has 0 heterocycles. The molecule has 14 heavy (non-hydrogen) atoms. The first-order valence-electron chi connectivity index (χ1n) is 4.95. The zero-order valence-electron chi connectivity index (χ0n) is 8.55. The van der Waals surface area contributed by atoms with E-state index in [1.54, 1.807) is 6.07 Å². The van der Waals surface area contributed by atoms with Gasteiger partial charge in [0.1, 0.15) is 5.67 Å². The molecule has 1 aromatic carbocycles. The molecular formula is C12H15FO. The number of benzene rings is 1. The summed E-state index contributed by atoms with van der Waals surface area (Å²) >= 11 is 0. The van der Waals surface area contributed by atoms with E-state index in [0.29, 0.717) is 5.56 Å². The largest absolute Gasteiger partial charge is 0.385 e. The van der Waals surface area contributed by atoms with Gasteiger partial charge in [-0.15, -0.1) is 0 Å². The minimum atomic E-state index is -1.38. The van der Waals surface area contributed by atoms with Crippen LogP contribution in [0.2, 0.25) is 0 Å². The molecule has 0 aromatic heterocycles. The van der Waals surface area contributed by atoms with Gasteiger partial charge < -0.3 is 5.11 Å². The first-order chi connectivity index (χ1) is 6.43. The quantitative estimate of drug-likeness (QED) is 0.767. The molecular weight excluding hydrogens is 179 g/mol. The Kier molecular flexibility index (Phi) is 1.93. The third-order valence-electron chi connectivity index (χ3n) is 2.79. The number of hydrogen-bond donors (Lipinski definition) is 1. The second-order valence-corrected chi connectivity index (χ2v) is 4.55. The molecule has 0 unspecified atom stereocenters. The first kappa shape index (κ1) is 9.66. The Morgan fingerprint density at radius 3 is 2.36 bits per heavy atom. The van der Waals surface area contributed by atoms with E-state index in [1.807, 2.05) is 18.2 Å². The minimum Gasteiger partial charge on any atom is -0.385 e. The predicted molar refractivity (Wildman–Crippen MR) is 53.7 cm³/mol. The van der Waals surface area contributed by atoms with E-state index in [4.69, 9.17) is 0 Å². The standard InChI is InChI=1S/C12H15FO/c1-11(2,13)9-5-3-4-6-10(9)12(14)7-8-12/h3-6,14H,7-8H2,1-2H3. The van der Waals surface area contributed by atoms with E-state index < -0.39 is 11.3 Å². The summed E-state index contributed by atoms with van der Waals surface area (Å²) < 4.78 is 13.8. The van der Waals surface area contributed by atoms with Crippen molar-refractivity contribution in [3.8, 4) is 0 Å². The van der Waals surface area contributed by atoms with E-state index in [9.17, 15) is 9.50 Å². The average molecular weight is 194 g/mol. The number of alkyl halides is 1. The van der Waals surface area contributed by atoms with Crippen molar-refractivity contribution >= 4 is 0 Å². The maximum Gasteiger partial charge on any atom is 0.130 e. The lowest BCUT2D eigenvalue weighted by molar-refractivity contribution is 0.141. The van der Waals surface area contributed by atoms with Gasteiger partial charge in [0.25, 0.3) is 0 Å². The molecule has 1 aliphatic rings. The van der Waals surface area contributed by atoms with Crippen LogP contribution in [0.1, 0.15) is 37.8 Å². The summed E-state index contributed by atoms with van der Waals surface area (Å²) in [6, 6.07) is 7.24. The molecule has 1 N–H and O–H groups in total. The normalized spacial score (nSPS) is 19.4. The van der Waals surface area contributed by atoms with E-state index >= 15 is 0 Å². The molecule has 1 aliphatic carbocycles. The summed E-state index contributed by atoms with van der Waals surface area (Å²) in [5.74, 6) is 0. The highest BCUT2D eigenvalue weighted by Gasteiger charge is 2.45. The second-order valence-electron chi connectivity index (χ2n) is 4.55. The number of hydrogen-bond acceptors (Lipinski definition) is 1. The van der Waals surface area contributed by atoms with Crippen molar-refractivity contribution in [3.63, 3.8) is 0 Å². The van der Waals surface area contributed by atoms with Crippen LogP contribution >= 0.6 is 0 Å². The van der Waals surface area contributed by atoms with Crippen molar-refractivity contribution in [1.29, 1.82) is 0 Å². The van der Waals surface area contributed by atoms with Crippen LogP contribution in [0.15, 0.2) is 24.3 Å². The van der Waals surface area contributed by atoms with Crippen LogP contribution in [0.5, 0.6) is 0 Å². The summed E-state index contributed by atoms with van der Waals surface area (Å²) in [4.78, 5) is 0. The van der Waals surface area contributed by atoms with Gasteiger partial charge in [-0.05, 0) is 37.8 Å². The summed E-state index contributed by atoms with van der Waals surface area (Å²) in [5.41, 5.74) is -0.762. The second kappa shape index (κ2) is 2.80. The van der Waals surface area contributed by atoms with Gasteiger partial charge in [-0.3, -0.25) is 0 Å². The van der Waals surface area contributed by atoms with Crippen LogP contribution in [0, 0.1) is 0 Å². The molecule has 0 radical (unpaired) electrons. The molecule has 1 fully saturated rings. The van der Waals surface area contributed by atoms with Crippen LogP contribution in [0.4, 0.5) is 4.39 Å². The van der Waals surface area contributed by atoms with Crippen molar-refractivity contribution in [2.45, 2.75) is 38.0 Å². The molecule has 76 valence electrons. The summed E-state index contributed by atoms with van der Waals surface area (Å²) in [7, 11) is 0. The molecule has 0 aliphatic heterocycles. The Balaban J connectivity index is 2.50. The van der Waals surface area contributed by atoms with Crippen LogP contribution in [0.25, 0.3) is 0 Å². The van der Waals surface area contributed by atoms with Gasteiger partial charge in [-0.25, -0.2) is 4.39 Å². The van der Waals surface area contributed by atoms with Gasteiger partial charge in [0.2, 0.25) is 0 Å². The van der Waals surface area contributed by atoms with Gasteiger partial charge in [-0.2, -0.15) is 0 Å². The maximum atomic E-state index is 13.8. The zero-order chi connectivity index (χ0) is 10.4. The SMILES string of the molecule is CC(C)(F)c1ccccc1C1(O)CC1. The fourth-order valence-electron chi connectivity index (χ4n) is 1.80. The minimum absolute atomic E-state index is 0.611. The van der Waals surface area contributed by atoms with Crippen molar-refractivity contribution < 1.29 is 9.50 Å². The van der Waals surface area contributed by atoms with Crippen LogP contribution in [-0.2, 0) is 11.3 Å². The lowest BCUT2D eigenvalue weighted by atomic mass is 9.91. The van der Waals surface area contributed by atoms with Crippen molar-refractivity contribution in [2.24, 2.45) is 0 Å². The Hall–Kier alpha value is -0.890. The van der Waals surface area contributed by atoms with Crippen molar-refractivity contribution in [2.75, 3.05) is 0 Å². The Bertz CT molecular complexity index is 323. The number of aliphatic hydroxyl groups is 1. The smallest absolute Gasteiger partial charge is 0.130 e. The average Bonchev–Trinajstić information content (AvgIpc) is 2.84.